The molecule has 3 rings (SSSR count). The summed E-state index contributed by atoms with van der Waals surface area (Å²) in [5, 5.41) is 20.9. The predicted molar refractivity (Wildman–Crippen MR) is 95.8 cm³/mol. The van der Waals surface area contributed by atoms with Gasteiger partial charge in [0.1, 0.15) is 22.1 Å². The van der Waals surface area contributed by atoms with E-state index in [0.29, 0.717) is 28.2 Å². The Morgan fingerprint density at radius 1 is 0.750 bits per heavy atom. The lowest BCUT2D eigenvalue weighted by atomic mass is 10.2. The van der Waals surface area contributed by atoms with Crippen LogP contribution in [0.5, 0.6) is 11.5 Å². The first-order valence-electron chi connectivity index (χ1n) is 5.25. The van der Waals surface area contributed by atoms with Gasteiger partial charge in [0.25, 0.3) is 0 Å². The summed E-state index contributed by atoms with van der Waals surface area (Å²) in [5.41, 5.74) is 1.17. The zero-order valence-corrected chi connectivity index (χ0v) is 15.3. The molecule has 0 saturated carbocycles. The predicted octanol–water partition coefficient (Wildman–Crippen LogP) is 4.71. The van der Waals surface area contributed by atoms with Gasteiger partial charge in [-0.25, -0.2) is 9.97 Å². The third kappa shape index (κ3) is 2.16. The molecule has 0 spiro atoms. The number of phenolic OH excluding ortho intramolecular Hbond substituents is 2. The van der Waals surface area contributed by atoms with Crippen LogP contribution in [0.3, 0.4) is 0 Å². The minimum atomic E-state index is -0.00601. The molecular formula is C12H4Cl2I2N2O2. The second-order valence-corrected chi connectivity index (χ2v) is 7.13. The monoisotopic (exact) mass is 532 g/mol. The summed E-state index contributed by atoms with van der Waals surface area (Å²) >= 11 is 16.2. The number of aromatic nitrogens is 2. The standard InChI is InChI=1S/C12H4Cl2I2N2O2/c13-3-1-5(15)11(19)9-7(3)17-10-8(18-9)4(14)2-6(16)12(10)20/h1-2,19-20H. The highest BCUT2D eigenvalue weighted by Crippen LogP contribution is 2.38. The van der Waals surface area contributed by atoms with Gasteiger partial charge >= 0.3 is 0 Å². The summed E-state index contributed by atoms with van der Waals surface area (Å²) in [7, 11) is 0. The summed E-state index contributed by atoms with van der Waals surface area (Å²) in [6.45, 7) is 0. The van der Waals surface area contributed by atoms with Gasteiger partial charge in [0, 0.05) is 0 Å². The lowest BCUT2D eigenvalue weighted by molar-refractivity contribution is 0.474. The molecule has 0 atom stereocenters. The van der Waals surface area contributed by atoms with Gasteiger partial charge in [0.05, 0.1) is 17.2 Å². The molecule has 2 aromatic carbocycles. The lowest BCUT2D eigenvalue weighted by Crippen LogP contribution is -1.93. The summed E-state index contributed by atoms with van der Waals surface area (Å²) in [6.07, 6.45) is 0. The molecule has 0 aliphatic carbocycles. The van der Waals surface area contributed by atoms with Gasteiger partial charge in [0.15, 0.2) is 11.5 Å². The van der Waals surface area contributed by atoms with E-state index in [9.17, 15) is 10.2 Å². The number of hydrogen-bond acceptors (Lipinski definition) is 4. The number of fused-ring (bicyclic) bond motifs is 2. The first kappa shape index (κ1) is 14.6. The van der Waals surface area contributed by atoms with Crippen LogP contribution in [0.1, 0.15) is 0 Å². The van der Waals surface area contributed by atoms with E-state index >= 15 is 0 Å². The minimum absolute atomic E-state index is 0.00601. The molecule has 4 nitrogen and oxygen atoms in total. The Labute approximate surface area is 150 Å². The molecule has 20 heavy (non-hydrogen) atoms. The summed E-state index contributed by atoms with van der Waals surface area (Å²) in [4.78, 5) is 8.61. The molecule has 0 aliphatic heterocycles. The fourth-order valence-corrected chi connectivity index (χ4v) is 3.80. The van der Waals surface area contributed by atoms with E-state index in [2.05, 4.69) is 9.97 Å². The van der Waals surface area contributed by atoms with Crippen molar-refractivity contribution in [3.8, 4) is 11.5 Å². The van der Waals surface area contributed by atoms with Gasteiger partial charge in [-0.15, -0.1) is 0 Å². The highest BCUT2D eigenvalue weighted by molar-refractivity contribution is 14.1. The summed E-state index contributed by atoms with van der Waals surface area (Å²) in [5.74, 6) is -0.0120. The number of hydrogen-bond donors (Lipinski definition) is 2. The molecule has 1 aromatic heterocycles. The minimum Gasteiger partial charge on any atom is -0.505 e. The van der Waals surface area contributed by atoms with Crippen molar-refractivity contribution in [2.75, 3.05) is 0 Å². The largest absolute Gasteiger partial charge is 0.505 e. The molecule has 0 bridgehead atoms. The maximum absolute atomic E-state index is 10.1. The second kappa shape index (κ2) is 5.15. The van der Waals surface area contributed by atoms with E-state index < -0.39 is 0 Å². The van der Waals surface area contributed by atoms with Gasteiger partial charge in [-0.2, -0.15) is 0 Å². The Bertz CT molecular complexity index is 813. The topological polar surface area (TPSA) is 66.2 Å². The summed E-state index contributed by atoms with van der Waals surface area (Å²) in [6, 6.07) is 3.18. The molecule has 8 heteroatoms. The average Bonchev–Trinajstić information content (AvgIpc) is 2.41. The first-order chi connectivity index (χ1) is 9.40. The number of benzene rings is 2. The van der Waals surface area contributed by atoms with Crippen LogP contribution in [-0.4, -0.2) is 20.2 Å². The van der Waals surface area contributed by atoms with Crippen LogP contribution < -0.4 is 0 Å². The van der Waals surface area contributed by atoms with Gasteiger partial charge in [-0.1, -0.05) is 23.2 Å². The van der Waals surface area contributed by atoms with Crippen molar-refractivity contribution in [2.45, 2.75) is 0 Å². The molecule has 0 unspecified atom stereocenters. The smallest absolute Gasteiger partial charge is 0.156 e. The van der Waals surface area contributed by atoms with Gasteiger partial charge in [-0.3, -0.25) is 0 Å². The summed E-state index contributed by atoms with van der Waals surface area (Å²) < 4.78 is 1.14. The molecule has 0 amide bonds. The SMILES string of the molecule is Oc1c(I)cc(Cl)c2nc3c(O)c(I)cc(Cl)c3nc12. The van der Waals surface area contributed by atoms with Crippen molar-refractivity contribution in [1.82, 2.24) is 9.97 Å². The van der Waals surface area contributed by atoms with E-state index in [-0.39, 0.29) is 22.5 Å². The van der Waals surface area contributed by atoms with E-state index in [1.807, 2.05) is 45.2 Å². The Morgan fingerprint density at radius 2 is 1.10 bits per heavy atom. The Morgan fingerprint density at radius 3 is 1.45 bits per heavy atom. The normalized spacial score (nSPS) is 11.4. The van der Waals surface area contributed by atoms with Crippen molar-refractivity contribution >= 4 is 90.5 Å². The molecule has 2 N–H and O–H groups in total. The van der Waals surface area contributed by atoms with Crippen LogP contribution in [0, 0.1) is 7.14 Å². The van der Waals surface area contributed by atoms with Gasteiger partial charge in [0.2, 0.25) is 0 Å². The Balaban J connectivity index is 2.60. The fourth-order valence-electron chi connectivity index (χ4n) is 1.82. The number of halogens is 4. The zero-order valence-electron chi connectivity index (χ0n) is 9.46. The molecule has 1 heterocycles. The highest BCUT2D eigenvalue weighted by atomic mass is 127. The van der Waals surface area contributed by atoms with Crippen LogP contribution >= 0.6 is 68.4 Å². The molecular weight excluding hydrogens is 529 g/mol. The van der Waals surface area contributed by atoms with Crippen molar-refractivity contribution in [1.29, 1.82) is 0 Å². The van der Waals surface area contributed by atoms with E-state index in [1.165, 1.54) is 0 Å². The number of nitrogens with zero attached hydrogens (tertiary/aromatic N) is 2. The molecule has 0 fully saturated rings. The Hall–Kier alpha value is -0.320. The number of rotatable bonds is 0. The molecule has 0 radical (unpaired) electrons. The maximum atomic E-state index is 10.1. The van der Waals surface area contributed by atoms with E-state index in [4.69, 9.17) is 23.2 Å². The molecule has 0 aliphatic rings. The van der Waals surface area contributed by atoms with Crippen LogP contribution in [0.15, 0.2) is 12.1 Å². The van der Waals surface area contributed by atoms with E-state index in [0.717, 1.165) is 0 Å². The van der Waals surface area contributed by atoms with Crippen LogP contribution in [-0.2, 0) is 0 Å². The van der Waals surface area contributed by atoms with Crippen LogP contribution in [0.25, 0.3) is 22.1 Å². The zero-order chi connectivity index (χ0) is 14.6. The third-order valence-electron chi connectivity index (χ3n) is 2.76. The van der Waals surface area contributed by atoms with Gasteiger partial charge in [-0.05, 0) is 57.3 Å². The number of phenols is 2. The van der Waals surface area contributed by atoms with Crippen molar-refractivity contribution < 1.29 is 10.2 Å². The third-order valence-corrected chi connectivity index (χ3v) is 4.98. The van der Waals surface area contributed by atoms with Crippen molar-refractivity contribution in [3.63, 3.8) is 0 Å². The fraction of sp³-hybridized carbons (Fsp3) is 0. The number of aromatic hydroxyl groups is 2. The van der Waals surface area contributed by atoms with Gasteiger partial charge < -0.3 is 10.2 Å². The Kier molecular flexibility index (Phi) is 3.76. The van der Waals surface area contributed by atoms with Crippen LogP contribution in [0.2, 0.25) is 10.0 Å². The van der Waals surface area contributed by atoms with Crippen molar-refractivity contribution in [3.05, 3.63) is 29.3 Å². The first-order valence-corrected chi connectivity index (χ1v) is 8.17. The molecule has 0 saturated heterocycles. The van der Waals surface area contributed by atoms with Crippen LogP contribution in [0.4, 0.5) is 0 Å². The lowest BCUT2D eigenvalue weighted by Gasteiger charge is -2.09. The maximum Gasteiger partial charge on any atom is 0.156 e. The highest BCUT2D eigenvalue weighted by Gasteiger charge is 2.17. The average molecular weight is 533 g/mol. The second-order valence-electron chi connectivity index (χ2n) is 4.00. The van der Waals surface area contributed by atoms with E-state index in [1.54, 1.807) is 12.1 Å². The molecule has 102 valence electrons. The van der Waals surface area contributed by atoms with Crippen molar-refractivity contribution in [2.24, 2.45) is 0 Å². The molecule has 3 aromatic rings. The quantitative estimate of drug-likeness (QED) is 0.325.